The van der Waals surface area contributed by atoms with Gasteiger partial charge in [0.2, 0.25) is 5.28 Å². The Morgan fingerprint density at radius 3 is 2.96 bits per heavy atom. The second-order valence-electron chi connectivity index (χ2n) is 5.22. The van der Waals surface area contributed by atoms with Crippen LogP contribution in [0.2, 0.25) is 5.28 Å². The zero-order chi connectivity index (χ0) is 16.1. The molecule has 1 atom stereocenters. The number of hydrogen-bond donors (Lipinski definition) is 0. The molecular formula is C16H19ClN2O4. The molecular weight excluding hydrogens is 320 g/mol. The van der Waals surface area contributed by atoms with Gasteiger partial charge in [-0.05, 0) is 36.9 Å². The first-order valence-corrected chi connectivity index (χ1v) is 8.00. The Hall–Kier alpha value is -1.63. The Balaban J connectivity index is 1.61. The molecule has 0 saturated carbocycles. The maximum Gasteiger partial charge on any atom is 0.222 e. The van der Waals surface area contributed by atoms with Crippen molar-refractivity contribution in [1.82, 2.24) is 9.97 Å². The van der Waals surface area contributed by atoms with Crippen LogP contribution in [0.1, 0.15) is 19.3 Å². The Morgan fingerprint density at radius 2 is 2.17 bits per heavy atom. The minimum atomic E-state index is -0.114. The maximum atomic E-state index is 5.83. The van der Waals surface area contributed by atoms with Crippen molar-refractivity contribution in [2.24, 2.45) is 0 Å². The predicted octanol–water partition coefficient (Wildman–Crippen LogP) is 3.21. The summed E-state index contributed by atoms with van der Waals surface area (Å²) in [7, 11) is 1.59. The lowest BCUT2D eigenvalue weighted by molar-refractivity contribution is -0.165. The lowest BCUT2D eigenvalue weighted by atomic mass is 10.2. The SMILES string of the molecule is COc1cc2cnc(Cl)nc2cc1OCCOC1CCCCO1. The Kier molecular flexibility index (Phi) is 5.48. The van der Waals surface area contributed by atoms with E-state index in [1.54, 1.807) is 19.4 Å². The average Bonchev–Trinajstić information content (AvgIpc) is 2.59. The van der Waals surface area contributed by atoms with Crippen LogP contribution in [-0.4, -0.2) is 43.2 Å². The lowest BCUT2D eigenvalue weighted by Gasteiger charge is -2.22. The molecule has 0 radical (unpaired) electrons. The van der Waals surface area contributed by atoms with Gasteiger partial charge in [-0.1, -0.05) is 0 Å². The molecule has 3 rings (SSSR count). The fraction of sp³-hybridized carbons (Fsp3) is 0.500. The molecule has 1 saturated heterocycles. The summed E-state index contributed by atoms with van der Waals surface area (Å²) in [6, 6.07) is 3.62. The molecule has 1 unspecified atom stereocenters. The fourth-order valence-corrected chi connectivity index (χ4v) is 2.60. The minimum Gasteiger partial charge on any atom is -0.493 e. The number of hydrogen-bond acceptors (Lipinski definition) is 6. The van der Waals surface area contributed by atoms with E-state index in [9.17, 15) is 0 Å². The zero-order valence-corrected chi connectivity index (χ0v) is 13.7. The first kappa shape index (κ1) is 16.2. The van der Waals surface area contributed by atoms with E-state index in [-0.39, 0.29) is 11.6 Å². The van der Waals surface area contributed by atoms with E-state index in [0.717, 1.165) is 31.3 Å². The van der Waals surface area contributed by atoms with Crippen LogP contribution >= 0.6 is 11.6 Å². The molecule has 2 aromatic rings. The highest BCUT2D eigenvalue weighted by atomic mass is 35.5. The van der Waals surface area contributed by atoms with Gasteiger partial charge in [-0.3, -0.25) is 0 Å². The molecule has 1 aromatic carbocycles. The van der Waals surface area contributed by atoms with Crippen LogP contribution in [0.4, 0.5) is 0 Å². The molecule has 124 valence electrons. The minimum absolute atomic E-state index is 0.114. The molecule has 23 heavy (non-hydrogen) atoms. The second kappa shape index (κ2) is 7.77. The number of fused-ring (bicyclic) bond motifs is 1. The van der Waals surface area contributed by atoms with Gasteiger partial charge in [0.1, 0.15) is 6.61 Å². The van der Waals surface area contributed by atoms with Gasteiger partial charge in [0.15, 0.2) is 17.8 Å². The van der Waals surface area contributed by atoms with Gasteiger partial charge in [0, 0.05) is 24.3 Å². The van der Waals surface area contributed by atoms with Crippen molar-refractivity contribution in [2.45, 2.75) is 25.6 Å². The monoisotopic (exact) mass is 338 g/mol. The topological polar surface area (TPSA) is 62.7 Å². The molecule has 2 heterocycles. The number of nitrogens with zero attached hydrogens (tertiary/aromatic N) is 2. The van der Waals surface area contributed by atoms with Crippen LogP contribution in [0, 0.1) is 0 Å². The molecule has 1 aromatic heterocycles. The number of benzene rings is 1. The van der Waals surface area contributed by atoms with Crippen LogP contribution < -0.4 is 9.47 Å². The third-order valence-electron chi connectivity index (χ3n) is 3.62. The summed E-state index contributed by atoms with van der Waals surface area (Å²) >= 11 is 5.83. The molecule has 1 aliphatic heterocycles. The van der Waals surface area contributed by atoms with Gasteiger partial charge in [0.25, 0.3) is 0 Å². The third-order valence-corrected chi connectivity index (χ3v) is 3.80. The summed E-state index contributed by atoms with van der Waals surface area (Å²) in [5.74, 6) is 1.22. The summed E-state index contributed by atoms with van der Waals surface area (Å²) < 4.78 is 22.3. The van der Waals surface area contributed by atoms with Crippen molar-refractivity contribution in [3.63, 3.8) is 0 Å². The van der Waals surface area contributed by atoms with Crippen LogP contribution in [0.15, 0.2) is 18.3 Å². The number of aromatic nitrogens is 2. The highest BCUT2D eigenvalue weighted by Crippen LogP contribution is 2.31. The molecule has 0 N–H and O–H groups in total. The summed E-state index contributed by atoms with van der Waals surface area (Å²) in [5, 5.41) is 1.04. The summed E-state index contributed by atoms with van der Waals surface area (Å²) in [6.07, 6.45) is 4.73. The van der Waals surface area contributed by atoms with Crippen LogP contribution in [0.25, 0.3) is 10.9 Å². The Bertz CT molecular complexity index is 662. The molecule has 7 heteroatoms. The van der Waals surface area contributed by atoms with E-state index in [2.05, 4.69) is 9.97 Å². The first-order chi connectivity index (χ1) is 11.3. The van der Waals surface area contributed by atoms with Crippen molar-refractivity contribution in [3.05, 3.63) is 23.6 Å². The third kappa shape index (κ3) is 4.22. The second-order valence-corrected chi connectivity index (χ2v) is 5.55. The predicted molar refractivity (Wildman–Crippen MR) is 86.1 cm³/mol. The number of methoxy groups -OCH3 is 1. The number of rotatable bonds is 6. The van der Waals surface area contributed by atoms with Crippen LogP contribution in [-0.2, 0) is 9.47 Å². The number of halogens is 1. The normalized spacial score (nSPS) is 18.1. The zero-order valence-electron chi connectivity index (χ0n) is 13.0. The lowest BCUT2D eigenvalue weighted by Crippen LogP contribution is -2.24. The van der Waals surface area contributed by atoms with Crippen LogP contribution in [0.5, 0.6) is 11.5 Å². The van der Waals surface area contributed by atoms with Crippen molar-refractivity contribution < 1.29 is 18.9 Å². The maximum absolute atomic E-state index is 5.83. The molecule has 0 aliphatic carbocycles. The number of ether oxygens (including phenoxy) is 4. The standard InChI is InChI=1S/C16H19ClN2O4/c1-20-13-8-11-10-18-16(17)19-12(11)9-14(13)21-6-7-23-15-4-2-3-5-22-15/h8-10,15H,2-7H2,1H3. The van der Waals surface area contributed by atoms with Gasteiger partial charge >= 0.3 is 0 Å². The van der Waals surface area contributed by atoms with E-state index in [1.165, 1.54) is 0 Å². The Labute approximate surface area is 139 Å². The molecule has 0 spiro atoms. The van der Waals surface area contributed by atoms with E-state index in [0.29, 0.717) is 30.2 Å². The van der Waals surface area contributed by atoms with Crippen molar-refractivity contribution >= 4 is 22.5 Å². The van der Waals surface area contributed by atoms with Gasteiger partial charge in [-0.25, -0.2) is 9.97 Å². The quantitative estimate of drug-likeness (QED) is 0.595. The average molecular weight is 339 g/mol. The van der Waals surface area contributed by atoms with Crippen LogP contribution in [0.3, 0.4) is 0 Å². The van der Waals surface area contributed by atoms with E-state index in [4.69, 9.17) is 30.5 Å². The molecule has 1 fully saturated rings. The fourth-order valence-electron chi connectivity index (χ4n) is 2.46. The largest absolute Gasteiger partial charge is 0.493 e. The highest BCUT2D eigenvalue weighted by molar-refractivity contribution is 6.28. The summed E-state index contributed by atoms with van der Waals surface area (Å²) in [4.78, 5) is 8.14. The molecule has 6 nitrogen and oxygen atoms in total. The summed E-state index contributed by atoms with van der Waals surface area (Å²) in [5.41, 5.74) is 0.706. The van der Waals surface area contributed by atoms with Gasteiger partial charge < -0.3 is 18.9 Å². The molecule has 1 aliphatic rings. The molecule has 0 amide bonds. The van der Waals surface area contributed by atoms with E-state index in [1.807, 2.05) is 6.07 Å². The summed E-state index contributed by atoms with van der Waals surface area (Å²) in [6.45, 7) is 1.63. The Morgan fingerprint density at radius 1 is 1.26 bits per heavy atom. The van der Waals surface area contributed by atoms with Gasteiger partial charge in [-0.2, -0.15) is 0 Å². The van der Waals surface area contributed by atoms with Crippen molar-refractivity contribution in [2.75, 3.05) is 26.9 Å². The van der Waals surface area contributed by atoms with Gasteiger partial charge in [0.05, 0.1) is 19.2 Å². The highest BCUT2D eigenvalue weighted by Gasteiger charge is 2.14. The molecule has 0 bridgehead atoms. The van der Waals surface area contributed by atoms with Crippen molar-refractivity contribution in [1.29, 1.82) is 0 Å². The smallest absolute Gasteiger partial charge is 0.222 e. The van der Waals surface area contributed by atoms with E-state index >= 15 is 0 Å². The first-order valence-electron chi connectivity index (χ1n) is 7.62. The van der Waals surface area contributed by atoms with Crippen molar-refractivity contribution in [3.8, 4) is 11.5 Å². The van der Waals surface area contributed by atoms with Gasteiger partial charge in [-0.15, -0.1) is 0 Å². The van der Waals surface area contributed by atoms with E-state index < -0.39 is 0 Å².